The van der Waals surface area contributed by atoms with Crippen LogP contribution in [0, 0.1) is 5.41 Å². The van der Waals surface area contributed by atoms with Gasteiger partial charge in [0.2, 0.25) is 5.91 Å². The van der Waals surface area contributed by atoms with Crippen molar-refractivity contribution in [3.63, 3.8) is 0 Å². The van der Waals surface area contributed by atoms with Crippen LogP contribution in [0.3, 0.4) is 0 Å². The third-order valence-corrected chi connectivity index (χ3v) is 3.47. The Balaban J connectivity index is 2.30. The van der Waals surface area contributed by atoms with Gasteiger partial charge >= 0.3 is 0 Å². The second kappa shape index (κ2) is 5.61. The van der Waals surface area contributed by atoms with Crippen molar-refractivity contribution >= 4 is 17.3 Å². The summed E-state index contributed by atoms with van der Waals surface area (Å²) in [5.74, 6) is 0.168. The molecule has 0 bridgehead atoms. The van der Waals surface area contributed by atoms with E-state index in [0.29, 0.717) is 19.7 Å². The minimum absolute atomic E-state index is 0.168. The van der Waals surface area contributed by atoms with Gasteiger partial charge in [0.15, 0.2) is 0 Å². The summed E-state index contributed by atoms with van der Waals surface area (Å²) in [4.78, 5) is 14.6. The first-order valence-electron chi connectivity index (χ1n) is 6.70. The smallest absolute Gasteiger partial charge is 0.234 e. The Morgan fingerprint density at radius 1 is 1.37 bits per heavy atom. The van der Waals surface area contributed by atoms with E-state index >= 15 is 0 Å². The average molecular weight is 262 g/mol. The standard InChI is InChI=1S/C15H22N2O2/c1-15(2)11-16-12-7-4-5-8-13(12)17(14(15)18)9-6-10-19-3/h4-5,7-8,16H,6,9-11H2,1-3H3. The summed E-state index contributed by atoms with van der Waals surface area (Å²) in [6.07, 6.45) is 0.840. The van der Waals surface area contributed by atoms with Gasteiger partial charge in [-0.25, -0.2) is 0 Å². The van der Waals surface area contributed by atoms with Crippen LogP contribution < -0.4 is 10.2 Å². The van der Waals surface area contributed by atoms with Gasteiger partial charge in [-0.05, 0) is 32.4 Å². The molecule has 1 amide bonds. The monoisotopic (exact) mass is 262 g/mol. The topological polar surface area (TPSA) is 41.6 Å². The molecule has 1 aromatic carbocycles. The number of benzene rings is 1. The van der Waals surface area contributed by atoms with Crippen molar-refractivity contribution in [2.24, 2.45) is 5.41 Å². The van der Waals surface area contributed by atoms with Gasteiger partial charge in [0.25, 0.3) is 0 Å². The van der Waals surface area contributed by atoms with Crippen LogP contribution in [0.2, 0.25) is 0 Å². The van der Waals surface area contributed by atoms with Crippen molar-refractivity contribution in [2.75, 3.05) is 37.0 Å². The summed E-state index contributed by atoms with van der Waals surface area (Å²) in [5.41, 5.74) is 1.60. The number of para-hydroxylation sites is 2. The van der Waals surface area contributed by atoms with E-state index in [1.54, 1.807) is 7.11 Å². The van der Waals surface area contributed by atoms with Crippen LogP contribution >= 0.6 is 0 Å². The number of carbonyl (C=O) groups is 1. The van der Waals surface area contributed by atoms with E-state index in [1.165, 1.54) is 0 Å². The number of hydrogen-bond acceptors (Lipinski definition) is 3. The number of amides is 1. The van der Waals surface area contributed by atoms with E-state index in [4.69, 9.17) is 4.74 Å². The summed E-state index contributed by atoms with van der Waals surface area (Å²) < 4.78 is 5.09. The lowest BCUT2D eigenvalue weighted by Gasteiger charge is -2.28. The lowest BCUT2D eigenvalue weighted by molar-refractivity contribution is -0.125. The number of ether oxygens (including phenoxy) is 1. The Labute approximate surface area is 114 Å². The summed E-state index contributed by atoms with van der Waals surface area (Å²) in [7, 11) is 1.68. The van der Waals surface area contributed by atoms with Crippen LogP contribution in [0.4, 0.5) is 11.4 Å². The van der Waals surface area contributed by atoms with E-state index in [1.807, 2.05) is 43.0 Å². The number of rotatable bonds is 4. The number of fused-ring (bicyclic) bond motifs is 1. The highest BCUT2D eigenvalue weighted by atomic mass is 16.5. The fraction of sp³-hybridized carbons (Fsp3) is 0.533. The number of nitrogens with one attached hydrogen (secondary N) is 1. The molecule has 0 radical (unpaired) electrons. The first kappa shape index (κ1) is 13.9. The molecule has 104 valence electrons. The zero-order valence-electron chi connectivity index (χ0n) is 11.9. The van der Waals surface area contributed by atoms with Crippen molar-refractivity contribution in [1.29, 1.82) is 0 Å². The molecule has 1 aliphatic heterocycles. The first-order chi connectivity index (χ1) is 9.06. The Bertz CT molecular complexity index is 457. The van der Waals surface area contributed by atoms with Gasteiger partial charge in [0.05, 0.1) is 16.8 Å². The first-order valence-corrected chi connectivity index (χ1v) is 6.70. The number of anilines is 2. The van der Waals surface area contributed by atoms with Gasteiger partial charge in [-0.15, -0.1) is 0 Å². The van der Waals surface area contributed by atoms with E-state index in [-0.39, 0.29) is 5.91 Å². The Morgan fingerprint density at radius 2 is 2.11 bits per heavy atom. The molecule has 19 heavy (non-hydrogen) atoms. The van der Waals surface area contributed by atoms with Gasteiger partial charge in [-0.2, -0.15) is 0 Å². The summed E-state index contributed by atoms with van der Waals surface area (Å²) >= 11 is 0. The molecule has 4 heteroatoms. The molecule has 1 heterocycles. The van der Waals surface area contributed by atoms with Gasteiger partial charge in [0.1, 0.15) is 0 Å². The van der Waals surface area contributed by atoms with Gasteiger partial charge in [-0.1, -0.05) is 12.1 Å². The Morgan fingerprint density at radius 3 is 2.84 bits per heavy atom. The Kier molecular flexibility index (Phi) is 4.10. The summed E-state index contributed by atoms with van der Waals surface area (Å²) in [6.45, 7) is 5.98. The largest absolute Gasteiger partial charge is 0.385 e. The molecule has 0 unspecified atom stereocenters. The van der Waals surface area contributed by atoms with Gasteiger partial charge in [-0.3, -0.25) is 4.79 Å². The van der Waals surface area contributed by atoms with Crippen LogP contribution in [-0.2, 0) is 9.53 Å². The maximum atomic E-state index is 12.7. The maximum absolute atomic E-state index is 12.7. The number of methoxy groups -OCH3 is 1. The highest BCUT2D eigenvalue weighted by molar-refractivity contribution is 6.01. The van der Waals surface area contributed by atoms with Crippen molar-refractivity contribution in [1.82, 2.24) is 0 Å². The molecule has 0 saturated carbocycles. The lowest BCUT2D eigenvalue weighted by atomic mass is 9.92. The highest BCUT2D eigenvalue weighted by Crippen LogP contribution is 2.34. The number of carbonyl (C=O) groups excluding carboxylic acids is 1. The molecule has 0 spiro atoms. The van der Waals surface area contributed by atoms with Crippen LogP contribution in [0.1, 0.15) is 20.3 Å². The van der Waals surface area contributed by atoms with Crippen molar-refractivity contribution in [2.45, 2.75) is 20.3 Å². The van der Waals surface area contributed by atoms with E-state index in [9.17, 15) is 4.79 Å². The van der Waals surface area contributed by atoms with Crippen LogP contribution in [-0.4, -0.2) is 32.7 Å². The minimum atomic E-state index is -0.397. The van der Waals surface area contributed by atoms with Crippen molar-refractivity contribution in [3.8, 4) is 0 Å². The van der Waals surface area contributed by atoms with E-state index < -0.39 is 5.41 Å². The molecule has 1 aromatic rings. The second-order valence-electron chi connectivity index (χ2n) is 5.56. The molecular weight excluding hydrogens is 240 g/mol. The van der Waals surface area contributed by atoms with Crippen LogP contribution in [0.25, 0.3) is 0 Å². The SMILES string of the molecule is COCCCN1C(=O)C(C)(C)CNc2ccccc21. The summed E-state index contributed by atoms with van der Waals surface area (Å²) in [6, 6.07) is 7.97. The fourth-order valence-electron chi connectivity index (χ4n) is 2.31. The van der Waals surface area contributed by atoms with Gasteiger partial charge < -0.3 is 15.0 Å². The van der Waals surface area contributed by atoms with Crippen molar-refractivity contribution in [3.05, 3.63) is 24.3 Å². The molecular formula is C15H22N2O2. The molecule has 0 aliphatic carbocycles. The Hall–Kier alpha value is -1.55. The predicted molar refractivity (Wildman–Crippen MR) is 77.6 cm³/mol. The maximum Gasteiger partial charge on any atom is 0.234 e. The minimum Gasteiger partial charge on any atom is -0.385 e. The normalized spacial score (nSPS) is 17.6. The molecule has 0 saturated heterocycles. The molecule has 0 atom stereocenters. The summed E-state index contributed by atoms with van der Waals surface area (Å²) in [5, 5.41) is 3.37. The molecule has 1 N–H and O–H groups in total. The molecule has 0 fully saturated rings. The van der Waals surface area contributed by atoms with Gasteiger partial charge in [0, 0.05) is 26.8 Å². The average Bonchev–Trinajstić information content (AvgIpc) is 2.49. The van der Waals surface area contributed by atoms with Crippen LogP contribution in [0.15, 0.2) is 24.3 Å². The van der Waals surface area contributed by atoms with Crippen molar-refractivity contribution < 1.29 is 9.53 Å². The third kappa shape index (κ3) is 2.89. The fourth-order valence-corrected chi connectivity index (χ4v) is 2.31. The van der Waals surface area contributed by atoms with E-state index in [2.05, 4.69) is 5.32 Å². The van der Waals surface area contributed by atoms with Crippen LogP contribution in [0.5, 0.6) is 0 Å². The molecule has 2 rings (SSSR count). The zero-order chi connectivity index (χ0) is 13.9. The molecule has 0 aromatic heterocycles. The van der Waals surface area contributed by atoms with E-state index in [0.717, 1.165) is 17.8 Å². The number of nitrogens with zero attached hydrogens (tertiary/aromatic N) is 1. The quantitative estimate of drug-likeness (QED) is 0.848. The third-order valence-electron chi connectivity index (χ3n) is 3.47. The zero-order valence-corrected chi connectivity index (χ0v) is 11.9. The second-order valence-corrected chi connectivity index (χ2v) is 5.56. The molecule has 1 aliphatic rings. The predicted octanol–water partition coefficient (Wildman–Crippen LogP) is 2.51. The number of hydrogen-bond donors (Lipinski definition) is 1. The molecule has 4 nitrogen and oxygen atoms in total. The lowest BCUT2D eigenvalue weighted by Crippen LogP contribution is -2.43. The highest BCUT2D eigenvalue weighted by Gasteiger charge is 2.35.